The second-order valence-corrected chi connectivity index (χ2v) is 24.3. The number of aromatic nitrogens is 4. The summed E-state index contributed by atoms with van der Waals surface area (Å²) in [6.45, 7) is 10.9. The van der Waals surface area contributed by atoms with Crippen LogP contribution in [0.4, 0.5) is 5.95 Å². The average Bonchev–Trinajstić information content (AvgIpc) is 1.73. The van der Waals surface area contributed by atoms with Gasteiger partial charge in [0, 0.05) is 46.2 Å². The summed E-state index contributed by atoms with van der Waals surface area (Å²) in [7, 11) is -1.19. The number of fused-ring (bicyclic) bond motifs is 1. The number of methoxy groups -OCH3 is 2. The maximum atomic E-state index is 15.9. The lowest BCUT2D eigenvalue weighted by Crippen LogP contribution is -2.66. The largest absolute Gasteiger partial charge is 0.497 e. The summed E-state index contributed by atoms with van der Waals surface area (Å²) in [5, 5.41) is 5.26. The summed E-state index contributed by atoms with van der Waals surface area (Å²) in [6, 6.07) is 31.5. The lowest BCUT2D eigenvalue weighted by molar-refractivity contribution is -0.279. The predicted octanol–water partition coefficient (Wildman–Crippen LogP) is 6.79. The highest BCUT2D eigenvalue weighted by Crippen LogP contribution is 2.57. The summed E-state index contributed by atoms with van der Waals surface area (Å²) in [5.41, 5.74) is 0.257. The van der Waals surface area contributed by atoms with Crippen molar-refractivity contribution >= 4 is 54.6 Å². The van der Waals surface area contributed by atoms with E-state index in [-0.39, 0.29) is 88.5 Å². The highest BCUT2D eigenvalue weighted by molar-refractivity contribution is 7.51. The van der Waals surface area contributed by atoms with Crippen LogP contribution in [0.2, 0.25) is 0 Å². The van der Waals surface area contributed by atoms with Crippen molar-refractivity contribution in [2.75, 3.05) is 79.0 Å². The molecule has 2 saturated heterocycles. The van der Waals surface area contributed by atoms with Crippen LogP contribution in [0.5, 0.6) is 17.2 Å². The summed E-state index contributed by atoms with van der Waals surface area (Å²) < 4.78 is 103. The Morgan fingerprint density at radius 3 is 1.85 bits per heavy atom. The Hall–Kier alpha value is -8.15. The molecule has 28 nitrogen and oxygen atoms in total. The monoisotopic (exact) mass is 1330 g/mol. The number of benzene rings is 4. The molecule has 9 atom stereocenters. The third-order valence-electron chi connectivity index (χ3n) is 15.0. The fourth-order valence-electron chi connectivity index (χ4n) is 11.1. The lowest BCUT2D eigenvalue weighted by Gasteiger charge is -2.44. The first-order valence-corrected chi connectivity index (χ1v) is 32.1. The fourth-order valence-corrected chi connectivity index (χ4v) is 13.4. The van der Waals surface area contributed by atoms with E-state index in [0.717, 1.165) is 30.5 Å². The molecule has 0 spiro atoms. The number of esters is 3. The van der Waals surface area contributed by atoms with Crippen molar-refractivity contribution in [1.82, 2.24) is 29.5 Å². The number of nitrogens with one attached hydrogen (secondary N) is 3. The molecular weight excluding hydrogens is 1250 g/mol. The lowest BCUT2D eigenvalue weighted by atomic mass is 9.80. The van der Waals surface area contributed by atoms with E-state index < -0.39 is 104 Å². The van der Waals surface area contributed by atoms with Gasteiger partial charge in [-0.05, 0) is 80.8 Å². The zero-order valence-electron chi connectivity index (χ0n) is 54.1. The number of rotatable bonds is 34. The zero-order chi connectivity index (χ0) is 67.5. The molecule has 508 valence electrons. The minimum absolute atomic E-state index is 0.00385. The van der Waals surface area contributed by atoms with E-state index in [9.17, 15) is 28.8 Å². The molecule has 0 saturated carbocycles. The van der Waals surface area contributed by atoms with E-state index in [1.165, 1.54) is 20.2 Å². The van der Waals surface area contributed by atoms with Gasteiger partial charge in [-0.2, -0.15) is 4.98 Å². The third kappa shape index (κ3) is 18.6. The van der Waals surface area contributed by atoms with Gasteiger partial charge in [0.2, 0.25) is 11.9 Å². The molecule has 1 unspecified atom stereocenters. The average molecular weight is 1330 g/mol. The number of ether oxygens (including phenoxy) is 12. The summed E-state index contributed by atoms with van der Waals surface area (Å²) in [6.07, 6.45) is -6.70. The Kier molecular flexibility index (Phi) is 25.8. The first kappa shape index (κ1) is 71.7. The third-order valence-corrected chi connectivity index (χ3v) is 17.5. The van der Waals surface area contributed by atoms with Gasteiger partial charge in [-0.1, -0.05) is 72.8 Å². The van der Waals surface area contributed by atoms with Crippen LogP contribution < -0.4 is 30.4 Å². The quantitative estimate of drug-likeness (QED) is 0.0123. The van der Waals surface area contributed by atoms with Crippen LogP contribution in [0.15, 0.2) is 120 Å². The van der Waals surface area contributed by atoms with Gasteiger partial charge in [-0.25, -0.2) is 14.2 Å². The summed E-state index contributed by atoms with van der Waals surface area (Å²) in [5.74, 6) is -1.74. The number of H-pyrrole nitrogens is 1. The molecule has 2 amide bonds. The van der Waals surface area contributed by atoms with Crippen molar-refractivity contribution in [2.45, 2.75) is 129 Å². The van der Waals surface area contributed by atoms with Crippen LogP contribution in [-0.2, 0) is 85.8 Å². The van der Waals surface area contributed by atoms with Crippen molar-refractivity contribution in [3.8, 4) is 17.2 Å². The first-order chi connectivity index (χ1) is 45.1. The zero-order valence-corrected chi connectivity index (χ0v) is 55.0. The number of aromatic amines is 1. The van der Waals surface area contributed by atoms with Crippen molar-refractivity contribution < 1.29 is 94.4 Å². The molecule has 0 aliphatic carbocycles. The van der Waals surface area contributed by atoms with E-state index in [1.54, 1.807) is 47.7 Å². The first-order valence-electron chi connectivity index (χ1n) is 30.6. The van der Waals surface area contributed by atoms with Crippen molar-refractivity contribution in [2.24, 2.45) is 0 Å². The van der Waals surface area contributed by atoms with E-state index in [4.69, 9.17) is 65.9 Å². The Morgan fingerprint density at radius 2 is 1.28 bits per heavy atom. The molecule has 2 aliphatic rings. The van der Waals surface area contributed by atoms with E-state index in [1.807, 2.05) is 113 Å². The Morgan fingerprint density at radius 1 is 0.702 bits per heavy atom. The van der Waals surface area contributed by atoms with Crippen LogP contribution in [0.3, 0.4) is 0 Å². The maximum Gasteiger partial charge on any atom is 0.409 e. The van der Waals surface area contributed by atoms with Crippen LogP contribution in [-0.4, -0.2) is 183 Å². The molecule has 8 rings (SSSR count). The van der Waals surface area contributed by atoms with Gasteiger partial charge >= 0.3 is 25.7 Å². The normalized spacial score (nSPS) is 20.4. The van der Waals surface area contributed by atoms with E-state index in [2.05, 4.69) is 25.6 Å². The molecule has 3 N–H and O–H groups in total. The fraction of sp³-hybridized carbons (Fsp3) is 0.477. The van der Waals surface area contributed by atoms with Gasteiger partial charge in [0.05, 0.1) is 66.8 Å². The smallest absolute Gasteiger partial charge is 0.409 e. The number of nitrogens with zero attached hydrogens (tertiary/aromatic N) is 4. The molecule has 2 fully saturated rings. The molecule has 4 aromatic carbocycles. The second kappa shape index (κ2) is 33.8. The van der Waals surface area contributed by atoms with Gasteiger partial charge in [0.15, 0.2) is 36.3 Å². The molecule has 0 bridgehead atoms. The molecule has 6 aromatic rings. The number of hydrogen-bond donors (Lipinski definition) is 3. The Bertz CT molecular complexity index is 3510. The van der Waals surface area contributed by atoms with Gasteiger partial charge in [0.1, 0.15) is 60.0 Å². The van der Waals surface area contributed by atoms with Crippen LogP contribution in [0.25, 0.3) is 11.2 Å². The number of carbonyl (C=O) groups is 5. The highest BCUT2D eigenvalue weighted by atomic mass is 31.2. The van der Waals surface area contributed by atoms with Crippen LogP contribution in [0.1, 0.15) is 84.7 Å². The van der Waals surface area contributed by atoms with Crippen molar-refractivity contribution in [3.05, 3.63) is 143 Å². The standard InChI is InChI=1S/C65H82N7O21P/c1-40(2)72(41(3)4)94(79,88-34-32-83-30-29-82-31-33-84-63-57(67-42(5)73)60(90-45(8)76)59(89-44(7)75)54(92-63)36-85-43(6)74)93-52-35-56(71-39-66-58-61(71)69-64(70-62(58)78)68-55(77)38-86-51-19-15-12-16-20-51)91-53(52)37-87-65(46-17-13-11-14-18-46,47-21-25-49(80-9)26-22-47)48-23-27-50(81-10)28-24-48/h11-28,39-41,52-54,56-57,59-60,63H,29-38H2,1-10H3,(H,67,73)(H2,68,69,70,77,78)/t52-,53+,54+,56+,57+,59-,60+,63+,94?/m0/s1. The van der Waals surface area contributed by atoms with Gasteiger partial charge < -0.3 is 62.2 Å². The van der Waals surface area contributed by atoms with Crippen molar-refractivity contribution in [1.29, 1.82) is 0 Å². The van der Waals surface area contributed by atoms with E-state index >= 15 is 4.57 Å². The highest BCUT2D eigenvalue weighted by Gasteiger charge is 2.52. The second-order valence-electron chi connectivity index (χ2n) is 22.4. The summed E-state index contributed by atoms with van der Waals surface area (Å²) in [4.78, 5) is 87.1. The molecule has 29 heteroatoms. The topological polar surface area (TPSA) is 323 Å². The van der Waals surface area contributed by atoms with E-state index in [0.29, 0.717) is 17.2 Å². The molecule has 2 aliphatic heterocycles. The minimum Gasteiger partial charge on any atom is -0.497 e. The number of amides is 2. The molecule has 4 heterocycles. The van der Waals surface area contributed by atoms with Gasteiger partial charge in [-0.3, -0.25) is 52.7 Å². The SMILES string of the molecule is COc1ccc(C(OC[C@H]2O[C@@H](n3cnc4c(=O)[nH]c(NC(=O)COc5ccccc5)nc43)C[C@@H]2OP(=O)(OCCOCCOCCO[C@@H]2O[C@H](COC(C)=O)[C@H](OC(C)=O)[C@H](OC(C)=O)[C@H]2NC(C)=O)N(C(C)C)C(C)C)(c2ccccc2)c2ccc(OC)cc2)cc1. The molecule has 0 radical (unpaired) electrons. The molecule has 94 heavy (non-hydrogen) atoms. The minimum atomic E-state index is -4.36. The van der Waals surface area contributed by atoms with Gasteiger partial charge in [0.25, 0.3) is 11.5 Å². The van der Waals surface area contributed by atoms with Crippen molar-refractivity contribution in [3.63, 3.8) is 0 Å². The number of carbonyl (C=O) groups excluding carboxylic acids is 5. The number of para-hydroxylation sites is 1. The maximum absolute atomic E-state index is 15.9. The van der Waals surface area contributed by atoms with Gasteiger partial charge in [-0.15, -0.1) is 0 Å². The van der Waals surface area contributed by atoms with Crippen LogP contribution >= 0.6 is 7.75 Å². The molecule has 2 aromatic heterocycles. The Labute approximate surface area is 543 Å². The Balaban J connectivity index is 1.01. The van der Waals surface area contributed by atoms with Crippen LogP contribution in [0, 0.1) is 0 Å². The number of hydrogen-bond acceptors (Lipinski definition) is 23. The summed E-state index contributed by atoms with van der Waals surface area (Å²) >= 11 is 0. The number of anilines is 1. The predicted molar refractivity (Wildman–Crippen MR) is 338 cm³/mol. The number of imidazole rings is 1. The molecular formula is C65H82N7O21P.